The summed E-state index contributed by atoms with van der Waals surface area (Å²) >= 11 is 0. The zero-order valence-corrected chi connectivity index (χ0v) is 9.03. The summed E-state index contributed by atoms with van der Waals surface area (Å²) in [7, 11) is 3.50. The van der Waals surface area contributed by atoms with Gasteiger partial charge in [-0.3, -0.25) is 4.79 Å². The van der Waals surface area contributed by atoms with Gasteiger partial charge in [0.05, 0.1) is 0 Å². The van der Waals surface area contributed by atoms with Gasteiger partial charge in [0.25, 0.3) is 0 Å². The molecule has 2 aliphatic carbocycles. The first-order valence-electron chi connectivity index (χ1n) is 4.70. The smallest absolute Gasteiger partial charge is 0.138 e. The molecule has 0 aromatic heterocycles. The highest BCUT2D eigenvalue weighted by atomic mass is 33.1. The van der Waals surface area contributed by atoms with Crippen LogP contribution in [-0.4, -0.2) is 22.3 Å². The van der Waals surface area contributed by atoms with Gasteiger partial charge in [-0.1, -0.05) is 21.6 Å². The molecule has 3 aliphatic rings. The second-order valence-corrected chi connectivity index (χ2v) is 7.09. The van der Waals surface area contributed by atoms with E-state index in [1.807, 2.05) is 0 Å². The molecule has 0 amide bonds. The Morgan fingerprint density at radius 3 is 2.86 bits per heavy atom. The van der Waals surface area contributed by atoms with Crippen molar-refractivity contribution in [2.24, 2.45) is 17.8 Å². The molecule has 0 bridgehead atoms. The molecule has 14 heavy (non-hydrogen) atoms. The van der Waals surface area contributed by atoms with E-state index in [1.165, 1.54) is 0 Å². The van der Waals surface area contributed by atoms with Crippen molar-refractivity contribution in [2.75, 3.05) is 5.75 Å². The molecule has 3 rings (SSSR count). The average molecular weight is 229 g/mol. The summed E-state index contributed by atoms with van der Waals surface area (Å²) in [5, 5.41) is 10.8. The normalized spacial score (nSPS) is 49.7. The van der Waals surface area contributed by atoms with Crippen LogP contribution in [0.15, 0.2) is 0 Å². The molecule has 1 aliphatic heterocycles. The number of aliphatic carboxylic acids is 1. The minimum absolute atomic E-state index is 0.0445. The summed E-state index contributed by atoms with van der Waals surface area (Å²) in [6.45, 7) is 0. The van der Waals surface area contributed by atoms with E-state index >= 15 is 0 Å². The van der Waals surface area contributed by atoms with Gasteiger partial charge in [0.1, 0.15) is 5.78 Å². The van der Waals surface area contributed by atoms with Crippen LogP contribution >= 0.6 is 21.6 Å². The van der Waals surface area contributed by atoms with Gasteiger partial charge in [0.15, 0.2) is 0 Å². The van der Waals surface area contributed by atoms with E-state index in [0.717, 1.165) is 12.2 Å². The topological polar surface area (TPSA) is 57.2 Å². The Morgan fingerprint density at radius 1 is 1.57 bits per heavy atom. The van der Waals surface area contributed by atoms with Crippen molar-refractivity contribution in [2.45, 2.75) is 17.6 Å². The zero-order chi connectivity index (χ0) is 9.92. The summed E-state index contributed by atoms with van der Waals surface area (Å²) in [5.41, 5.74) is 0. The lowest BCUT2D eigenvalue weighted by atomic mass is 9.95. The lowest BCUT2D eigenvalue weighted by molar-refractivity contribution is -0.308. The van der Waals surface area contributed by atoms with Crippen LogP contribution in [0.1, 0.15) is 12.8 Å². The van der Waals surface area contributed by atoms with Crippen LogP contribution in [0.5, 0.6) is 0 Å². The van der Waals surface area contributed by atoms with Crippen molar-refractivity contribution in [1.29, 1.82) is 0 Å². The highest BCUT2D eigenvalue weighted by Crippen LogP contribution is 2.70. The maximum absolute atomic E-state index is 11.6. The number of fused-ring (bicyclic) bond motifs is 2. The van der Waals surface area contributed by atoms with Crippen molar-refractivity contribution < 1.29 is 14.7 Å². The number of carboxylic acids is 1. The zero-order valence-electron chi connectivity index (χ0n) is 7.39. The number of hydrogen-bond donors (Lipinski definition) is 0. The van der Waals surface area contributed by atoms with Crippen molar-refractivity contribution in [3.8, 4) is 0 Å². The second-order valence-electron chi connectivity index (χ2n) is 4.26. The van der Waals surface area contributed by atoms with Gasteiger partial charge in [-0.2, -0.15) is 0 Å². The molecule has 1 spiro atoms. The van der Waals surface area contributed by atoms with Crippen LogP contribution in [0.2, 0.25) is 0 Å². The molecule has 0 N–H and O–H groups in total. The van der Waals surface area contributed by atoms with Gasteiger partial charge in [-0.15, -0.1) is 0 Å². The number of carbonyl (C=O) groups is 2. The second kappa shape index (κ2) is 2.70. The highest BCUT2D eigenvalue weighted by Gasteiger charge is 2.71. The van der Waals surface area contributed by atoms with E-state index in [4.69, 9.17) is 0 Å². The SMILES string of the molecule is O=C([O-])C1C2C(=O)CC3(CCSS3)C12. The van der Waals surface area contributed by atoms with Crippen LogP contribution in [-0.2, 0) is 9.59 Å². The fourth-order valence-electron chi connectivity index (χ4n) is 2.95. The molecule has 4 atom stereocenters. The Bertz CT molecular complexity index is 318. The minimum atomic E-state index is -1.02. The van der Waals surface area contributed by atoms with Crippen LogP contribution in [0.25, 0.3) is 0 Å². The third-order valence-corrected chi connectivity index (χ3v) is 6.87. The number of carboxylic acid groups (broad SMARTS) is 1. The predicted octanol–water partition coefficient (Wildman–Crippen LogP) is 0.0952. The van der Waals surface area contributed by atoms with Gasteiger partial charge in [-0.25, -0.2) is 0 Å². The molecular weight excluding hydrogens is 220 g/mol. The third kappa shape index (κ3) is 0.972. The molecule has 76 valence electrons. The minimum Gasteiger partial charge on any atom is -0.550 e. The number of rotatable bonds is 1. The Morgan fingerprint density at radius 2 is 2.36 bits per heavy atom. The van der Waals surface area contributed by atoms with Gasteiger partial charge in [0.2, 0.25) is 0 Å². The maximum Gasteiger partial charge on any atom is 0.138 e. The van der Waals surface area contributed by atoms with Crippen LogP contribution in [0.4, 0.5) is 0 Å². The van der Waals surface area contributed by atoms with E-state index in [9.17, 15) is 14.7 Å². The van der Waals surface area contributed by atoms with E-state index in [0.29, 0.717) is 6.42 Å². The molecule has 0 radical (unpaired) electrons. The summed E-state index contributed by atoms with van der Waals surface area (Å²) < 4.78 is -0.0445. The monoisotopic (exact) mass is 229 g/mol. The summed E-state index contributed by atoms with van der Waals surface area (Å²) in [4.78, 5) is 22.4. The largest absolute Gasteiger partial charge is 0.550 e. The first-order valence-corrected chi connectivity index (χ1v) is 7.02. The molecule has 1 heterocycles. The van der Waals surface area contributed by atoms with E-state index in [-0.39, 0.29) is 22.4 Å². The Labute approximate surface area is 89.4 Å². The lowest BCUT2D eigenvalue weighted by Crippen LogP contribution is -2.33. The number of hydrogen-bond acceptors (Lipinski definition) is 5. The van der Waals surface area contributed by atoms with Crippen LogP contribution in [0, 0.1) is 17.8 Å². The average Bonchev–Trinajstić information content (AvgIpc) is 2.66. The molecule has 4 unspecified atom stereocenters. The number of Topliss-reactive ketones (excluding diaryl/α,β-unsaturated/α-hetero) is 1. The summed E-state index contributed by atoms with van der Waals surface area (Å²) in [6.07, 6.45) is 1.57. The summed E-state index contributed by atoms with van der Waals surface area (Å²) in [5.74, 6) is -0.418. The van der Waals surface area contributed by atoms with Crippen molar-refractivity contribution >= 4 is 33.3 Å². The van der Waals surface area contributed by atoms with Gasteiger partial charge < -0.3 is 9.90 Å². The quantitative estimate of drug-likeness (QED) is 0.597. The van der Waals surface area contributed by atoms with Crippen molar-refractivity contribution in [3.63, 3.8) is 0 Å². The molecule has 0 aromatic carbocycles. The summed E-state index contributed by atoms with van der Waals surface area (Å²) in [6, 6.07) is 0. The maximum atomic E-state index is 11.6. The predicted molar refractivity (Wildman–Crippen MR) is 52.5 cm³/mol. The fourth-order valence-corrected chi connectivity index (χ4v) is 6.60. The van der Waals surface area contributed by atoms with Crippen LogP contribution < -0.4 is 5.11 Å². The molecule has 5 heteroatoms. The Balaban J connectivity index is 1.90. The Hall–Kier alpha value is -0.160. The van der Waals surface area contributed by atoms with Crippen LogP contribution in [0.3, 0.4) is 0 Å². The standard InChI is InChI=1S/C9H10O3S2/c10-4-3-9(1-2-13-14-9)7-5(4)6(7)8(11)12/h5-7H,1-3H2,(H,11,12)/p-1. The van der Waals surface area contributed by atoms with Gasteiger partial charge >= 0.3 is 0 Å². The third-order valence-electron chi connectivity index (χ3n) is 3.58. The lowest BCUT2D eigenvalue weighted by Gasteiger charge is -2.23. The first-order chi connectivity index (χ1) is 6.66. The van der Waals surface area contributed by atoms with Crippen molar-refractivity contribution in [3.05, 3.63) is 0 Å². The van der Waals surface area contributed by atoms with E-state index < -0.39 is 11.9 Å². The molecule has 0 aromatic rings. The first kappa shape index (κ1) is 9.09. The Kier molecular flexibility index (Phi) is 1.75. The fraction of sp³-hybridized carbons (Fsp3) is 0.778. The highest BCUT2D eigenvalue weighted by molar-refractivity contribution is 8.77. The van der Waals surface area contributed by atoms with E-state index in [1.54, 1.807) is 21.6 Å². The van der Waals surface area contributed by atoms with Gasteiger partial charge in [0, 0.05) is 34.7 Å². The number of carbonyl (C=O) groups excluding carboxylic acids is 2. The molecule has 2 saturated carbocycles. The molecule has 3 nitrogen and oxygen atoms in total. The number of ketones is 1. The molecule has 1 saturated heterocycles. The van der Waals surface area contributed by atoms with Crippen molar-refractivity contribution in [1.82, 2.24) is 0 Å². The molecule has 3 fully saturated rings. The van der Waals surface area contributed by atoms with E-state index in [2.05, 4.69) is 0 Å². The van der Waals surface area contributed by atoms with Gasteiger partial charge in [-0.05, 0) is 12.3 Å². The molecular formula is C9H9O3S2-.